The summed E-state index contributed by atoms with van der Waals surface area (Å²) < 4.78 is 0. The molecule has 0 radical (unpaired) electrons. The van der Waals surface area contributed by atoms with Gasteiger partial charge in [0.2, 0.25) is 5.91 Å². The number of carbonyl (C=O) groups excluding carboxylic acids is 1. The lowest BCUT2D eigenvalue weighted by Crippen LogP contribution is -2.21. The van der Waals surface area contributed by atoms with E-state index >= 15 is 0 Å². The van der Waals surface area contributed by atoms with Crippen LogP contribution in [0, 0.1) is 0 Å². The van der Waals surface area contributed by atoms with E-state index in [-0.39, 0.29) is 11.8 Å². The van der Waals surface area contributed by atoms with Gasteiger partial charge in [-0.2, -0.15) is 0 Å². The summed E-state index contributed by atoms with van der Waals surface area (Å²) >= 11 is 3.30. The molecule has 0 saturated carbocycles. The minimum Gasteiger partial charge on any atom is -0.354 e. The Morgan fingerprint density at radius 2 is 2.12 bits per heavy atom. The van der Waals surface area contributed by atoms with Gasteiger partial charge in [0.1, 0.15) is 0 Å². The maximum atomic E-state index is 12.1. The second-order valence-corrected chi connectivity index (χ2v) is 7.95. The molecule has 128 valence electrons. The molecule has 0 unspecified atom stereocenters. The molecule has 8 heteroatoms. The van der Waals surface area contributed by atoms with E-state index in [2.05, 4.69) is 27.2 Å². The Balaban J connectivity index is 1.92. The van der Waals surface area contributed by atoms with Crippen molar-refractivity contribution in [3.63, 3.8) is 0 Å². The summed E-state index contributed by atoms with van der Waals surface area (Å²) in [4.78, 5) is 28.8. The minimum atomic E-state index is -0.0288. The molecule has 0 bridgehead atoms. The van der Waals surface area contributed by atoms with Crippen LogP contribution in [0.5, 0.6) is 0 Å². The molecule has 0 aliphatic carbocycles. The normalized spacial score (nSPS) is 17.1. The third-order valence-electron chi connectivity index (χ3n) is 3.74. The van der Waals surface area contributed by atoms with Crippen LogP contribution in [0.25, 0.3) is 0 Å². The average Bonchev–Trinajstić information content (AvgIpc) is 2.94. The number of nitrogens with one attached hydrogen (secondary N) is 1. The van der Waals surface area contributed by atoms with Crippen molar-refractivity contribution in [2.75, 3.05) is 24.7 Å². The monoisotopic (exact) mass is 363 g/mol. The summed E-state index contributed by atoms with van der Waals surface area (Å²) in [7, 11) is 3.96. The fourth-order valence-corrected chi connectivity index (χ4v) is 4.29. The highest BCUT2D eigenvalue weighted by Crippen LogP contribution is 2.38. The van der Waals surface area contributed by atoms with E-state index in [0.717, 1.165) is 38.6 Å². The number of nitrogens with zero attached hydrogens (tertiary/aromatic N) is 4. The molecule has 0 aromatic carbocycles. The summed E-state index contributed by atoms with van der Waals surface area (Å²) in [6.45, 7) is 2.62. The maximum Gasteiger partial charge on any atom is 0.221 e. The Hall–Kier alpha value is -1.67. The van der Waals surface area contributed by atoms with Crippen LogP contribution in [0.2, 0.25) is 0 Å². The number of amides is 1. The predicted octanol–water partition coefficient (Wildman–Crippen LogP) is 2.65. The number of thioether (sulfide) groups is 1. The molecule has 1 atom stereocenters. The molecule has 6 nitrogen and oxygen atoms in total. The molecule has 1 aliphatic rings. The van der Waals surface area contributed by atoms with Crippen LogP contribution in [0.1, 0.15) is 41.8 Å². The van der Waals surface area contributed by atoms with Crippen molar-refractivity contribution in [3.05, 3.63) is 28.5 Å². The number of carbonyl (C=O) groups is 1. The average molecular weight is 364 g/mol. The van der Waals surface area contributed by atoms with Gasteiger partial charge >= 0.3 is 0 Å². The zero-order valence-corrected chi connectivity index (χ0v) is 15.7. The van der Waals surface area contributed by atoms with Crippen LogP contribution >= 0.6 is 23.1 Å². The highest BCUT2D eigenvalue weighted by atomic mass is 32.2. The highest BCUT2D eigenvalue weighted by molar-refractivity contribution is 7.99. The summed E-state index contributed by atoms with van der Waals surface area (Å²) in [6.07, 6.45) is 5.21. The quantitative estimate of drug-likeness (QED) is 0.650. The summed E-state index contributed by atoms with van der Waals surface area (Å²) in [5.41, 5.74) is 1.92. The predicted molar refractivity (Wildman–Crippen MR) is 97.8 cm³/mol. The van der Waals surface area contributed by atoms with Gasteiger partial charge in [-0.25, -0.2) is 15.0 Å². The van der Waals surface area contributed by atoms with E-state index < -0.39 is 0 Å². The van der Waals surface area contributed by atoms with Crippen molar-refractivity contribution in [1.29, 1.82) is 0 Å². The number of aromatic nitrogens is 3. The second kappa shape index (κ2) is 7.48. The smallest absolute Gasteiger partial charge is 0.221 e. The number of fused-ring (bicyclic) bond motifs is 1. The highest BCUT2D eigenvalue weighted by Gasteiger charge is 2.28. The molecule has 3 heterocycles. The van der Waals surface area contributed by atoms with Gasteiger partial charge in [-0.1, -0.05) is 18.7 Å². The second-order valence-electron chi connectivity index (χ2n) is 5.88. The van der Waals surface area contributed by atoms with Crippen molar-refractivity contribution in [2.24, 2.45) is 0 Å². The van der Waals surface area contributed by atoms with E-state index in [1.807, 2.05) is 31.4 Å². The summed E-state index contributed by atoms with van der Waals surface area (Å²) in [6, 6.07) is 0. The number of thiazole rings is 1. The molecular weight excluding hydrogens is 342 g/mol. The van der Waals surface area contributed by atoms with Crippen molar-refractivity contribution in [3.8, 4) is 0 Å². The number of rotatable bonds is 5. The van der Waals surface area contributed by atoms with Gasteiger partial charge in [0.15, 0.2) is 10.3 Å². The lowest BCUT2D eigenvalue weighted by molar-refractivity contribution is -0.121. The first-order chi connectivity index (χ1) is 11.6. The van der Waals surface area contributed by atoms with Gasteiger partial charge in [0.05, 0.1) is 12.2 Å². The SMILES string of the molecule is CCCSc1ncc([C@H]2CC(=O)NCc3nc(N(C)C)sc32)cn1. The molecule has 1 N–H and O–H groups in total. The van der Waals surface area contributed by atoms with E-state index in [1.165, 1.54) is 0 Å². The third-order valence-corrected chi connectivity index (χ3v) is 6.20. The maximum absolute atomic E-state index is 12.1. The molecule has 1 aliphatic heterocycles. The molecule has 3 rings (SSSR count). The van der Waals surface area contributed by atoms with Gasteiger partial charge in [0.25, 0.3) is 0 Å². The first-order valence-corrected chi connectivity index (χ1v) is 9.77. The Labute approximate surface area is 150 Å². The van der Waals surface area contributed by atoms with Crippen LogP contribution < -0.4 is 10.2 Å². The van der Waals surface area contributed by atoms with E-state index in [0.29, 0.717) is 13.0 Å². The largest absolute Gasteiger partial charge is 0.354 e. The van der Waals surface area contributed by atoms with Crippen LogP contribution in [0.4, 0.5) is 5.13 Å². The topological polar surface area (TPSA) is 71.0 Å². The van der Waals surface area contributed by atoms with Crippen LogP contribution in [0.3, 0.4) is 0 Å². The number of anilines is 1. The molecule has 0 spiro atoms. The lowest BCUT2D eigenvalue weighted by atomic mass is 9.96. The number of hydrogen-bond acceptors (Lipinski definition) is 7. The van der Waals surface area contributed by atoms with Crippen LogP contribution in [0.15, 0.2) is 17.6 Å². The Kier molecular flexibility index (Phi) is 5.35. The lowest BCUT2D eigenvalue weighted by Gasteiger charge is -2.13. The molecule has 2 aromatic rings. The number of hydrogen-bond donors (Lipinski definition) is 1. The van der Waals surface area contributed by atoms with E-state index in [4.69, 9.17) is 0 Å². The standard InChI is InChI=1S/C16H21N5OS2/c1-4-5-23-15-18-7-10(8-19-15)11-6-13(22)17-9-12-14(11)24-16(20-12)21(2)3/h7-8,11H,4-6,9H2,1-3H3,(H,17,22)/t11-/m1/s1. The van der Waals surface area contributed by atoms with E-state index in [1.54, 1.807) is 23.1 Å². The van der Waals surface area contributed by atoms with Gasteiger partial charge < -0.3 is 10.2 Å². The first kappa shape index (κ1) is 17.2. The molecular formula is C16H21N5OS2. The zero-order valence-electron chi connectivity index (χ0n) is 14.1. The molecule has 24 heavy (non-hydrogen) atoms. The fraction of sp³-hybridized carbons (Fsp3) is 0.500. The van der Waals surface area contributed by atoms with Gasteiger partial charge in [-0.05, 0) is 12.0 Å². The third kappa shape index (κ3) is 3.70. The first-order valence-electron chi connectivity index (χ1n) is 7.96. The van der Waals surface area contributed by atoms with Crippen LogP contribution in [-0.2, 0) is 11.3 Å². The molecule has 0 fully saturated rings. The van der Waals surface area contributed by atoms with E-state index in [9.17, 15) is 4.79 Å². The summed E-state index contributed by atoms with van der Waals surface area (Å²) in [5, 5.41) is 4.68. The Bertz CT molecular complexity index is 714. The zero-order chi connectivity index (χ0) is 17.1. The van der Waals surface area contributed by atoms with Crippen LogP contribution in [-0.4, -0.2) is 40.7 Å². The minimum absolute atomic E-state index is 0.0288. The van der Waals surface area contributed by atoms with Crippen molar-refractivity contribution in [2.45, 2.75) is 37.4 Å². The molecule has 1 amide bonds. The Morgan fingerprint density at radius 3 is 2.79 bits per heavy atom. The van der Waals surface area contributed by atoms with Crippen molar-refractivity contribution >= 4 is 34.1 Å². The molecule has 2 aromatic heterocycles. The van der Waals surface area contributed by atoms with Crippen molar-refractivity contribution in [1.82, 2.24) is 20.3 Å². The summed E-state index contributed by atoms with van der Waals surface area (Å²) in [5.74, 6) is 1.02. The fourth-order valence-electron chi connectivity index (χ4n) is 2.52. The Morgan fingerprint density at radius 1 is 1.38 bits per heavy atom. The van der Waals surface area contributed by atoms with Gasteiger partial charge in [-0.15, -0.1) is 11.3 Å². The van der Waals surface area contributed by atoms with Crippen molar-refractivity contribution < 1.29 is 4.79 Å². The molecule has 0 saturated heterocycles. The van der Waals surface area contributed by atoms with Gasteiger partial charge in [0, 0.05) is 49.5 Å². The van der Waals surface area contributed by atoms with Gasteiger partial charge in [-0.3, -0.25) is 4.79 Å².